The van der Waals surface area contributed by atoms with Crippen molar-refractivity contribution in [3.63, 3.8) is 0 Å². The maximum absolute atomic E-state index is 13.2. The number of aromatic nitrogens is 3. The predicted molar refractivity (Wildman–Crippen MR) is 113 cm³/mol. The minimum Gasteiger partial charge on any atom is -0.465 e. The van der Waals surface area contributed by atoms with Crippen LogP contribution >= 0.6 is 0 Å². The molecule has 3 aromatic rings. The van der Waals surface area contributed by atoms with Crippen LogP contribution in [0.4, 0.5) is 5.69 Å². The number of amides is 1. The third-order valence-corrected chi connectivity index (χ3v) is 5.55. The lowest BCUT2D eigenvalue weighted by Gasteiger charge is -2.22. The lowest BCUT2D eigenvalue weighted by molar-refractivity contribution is -0.116. The molecule has 0 radical (unpaired) electrons. The van der Waals surface area contributed by atoms with Crippen LogP contribution in [-0.4, -0.2) is 33.1 Å². The first-order valence-corrected chi connectivity index (χ1v) is 10.1. The number of esters is 1. The van der Waals surface area contributed by atoms with Crippen LogP contribution in [0.15, 0.2) is 47.4 Å². The first-order chi connectivity index (χ1) is 14.6. The number of pyridine rings is 1. The maximum atomic E-state index is 13.2. The molecular weight excluding hydrogens is 384 g/mol. The molecule has 1 aromatic carbocycles. The molecule has 8 nitrogen and oxygen atoms in total. The molecule has 0 saturated heterocycles. The largest absolute Gasteiger partial charge is 0.465 e. The molecule has 30 heavy (non-hydrogen) atoms. The Kier molecular flexibility index (Phi) is 5.65. The summed E-state index contributed by atoms with van der Waals surface area (Å²) in [5, 5.41) is 2.77. The standard InChI is InChI=1S/C22H24N4O4/c1-30-21(28)15-9-11-16(12-10-15)24-19(27)14-25-18-8-5-13-23-20(18)26(22(25)29)17-6-3-2-4-7-17/h5,8-13,17H,2-4,6-7,14H2,1H3,(H,24,27). The highest BCUT2D eigenvalue weighted by Crippen LogP contribution is 2.29. The SMILES string of the molecule is COC(=O)c1ccc(NC(=O)Cn2c(=O)n(C3CCCCC3)c3ncccc32)cc1. The topological polar surface area (TPSA) is 95.2 Å². The average Bonchev–Trinajstić information content (AvgIpc) is 3.05. The number of nitrogens with one attached hydrogen (secondary N) is 1. The quantitative estimate of drug-likeness (QED) is 0.655. The van der Waals surface area contributed by atoms with Crippen LogP contribution in [0.25, 0.3) is 11.2 Å². The molecule has 1 aliphatic rings. The lowest BCUT2D eigenvalue weighted by atomic mass is 9.95. The van der Waals surface area contributed by atoms with Gasteiger partial charge >= 0.3 is 11.7 Å². The van der Waals surface area contributed by atoms with Crippen LogP contribution in [0.5, 0.6) is 0 Å². The summed E-state index contributed by atoms with van der Waals surface area (Å²) in [6.07, 6.45) is 6.96. The Bertz CT molecular complexity index is 1120. The zero-order valence-corrected chi connectivity index (χ0v) is 16.8. The normalized spacial score (nSPS) is 14.6. The fourth-order valence-corrected chi connectivity index (χ4v) is 4.08. The number of carbonyl (C=O) groups is 2. The number of hydrogen-bond acceptors (Lipinski definition) is 5. The Balaban J connectivity index is 1.57. The molecular formula is C22H24N4O4. The average molecular weight is 408 g/mol. The van der Waals surface area contributed by atoms with Gasteiger partial charge in [-0.25, -0.2) is 14.6 Å². The molecule has 1 N–H and O–H groups in total. The predicted octanol–water partition coefficient (Wildman–Crippen LogP) is 3.13. The van der Waals surface area contributed by atoms with E-state index in [0.29, 0.717) is 22.4 Å². The summed E-state index contributed by atoms with van der Waals surface area (Å²) < 4.78 is 7.91. The molecule has 0 aliphatic heterocycles. The molecule has 0 unspecified atom stereocenters. The fraction of sp³-hybridized carbons (Fsp3) is 0.364. The van der Waals surface area contributed by atoms with E-state index in [1.54, 1.807) is 41.1 Å². The Morgan fingerprint density at radius 1 is 1.13 bits per heavy atom. The van der Waals surface area contributed by atoms with Crippen LogP contribution in [0.3, 0.4) is 0 Å². The highest BCUT2D eigenvalue weighted by Gasteiger charge is 2.24. The van der Waals surface area contributed by atoms with E-state index in [2.05, 4.69) is 15.0 Å². The Morgan fingerprint density at radius 2 is 1.87 bits per heavy atom. The first-order valence-electron chi connectivity index (χ1n) is 10.1. The minimum atomic E-state index is -0.442. The molecule has 0 bridgehead atoms. The second-order valence-electron chi connectivity index (χ2n) is 7.49. The van der Waals surface area contributed by atoms with Crippen molar-refractivity contribution in [3.8, 4) is 0 Å². The molecule has 1 aliphatic carbocycles. The van der Waals surface area contributed by atoms with Gasteiger partial charge in [0.15, 0.2) is 5.65 Å². The zero-order chi connectivity index (χ0) is 21.1. The third-order valence-electron chi connectivity index (χ3n) is 5.55. The van der Waals surface area contributed by atoms with E-state index in [0.717, 1.165) is 25.7 Å². The van der Waals surface area contributed by atoms with E-state index in [1.807, 2.05) is 6.07 Å². The summed E-state index contributed by atoms with van der Waals surface area (Å²) in [4.78, 5) is 41.8. The van der Waals surface area contributed by atoms with Gasteiger partial charge in [-0.1, -0.05) is 19.3 Å². The number of fused-ring (bicyclic) bond motifs is 1. The molecule has 4 rings (SSSR count). The summed E-state index contributed by atoms with van der Waals surface area (Å²) in [5.41, 5.74) is 2.02. The second kappa shape index (κ2) is 8.52. The van der Waals surface area contributed by atoms with E-state index in [9.17, 15) is 14.4 Å². The third kappa shape index (κ3) is 3.85. The van der Waals surface area contributed by atoms with Crippen LogP contribution < -0.4 is 11.0 Å². The molecule has 8 heteroatoms. The molecule has 1 fully saturated rings. The van der Waals surface area contributed by atoms with Gasteiger partial charge in [0.05, 0.1) is 18.2 Å². The van der Waals surface area contributed by atoms with Crippen molar-refractivity contribution in [3.05, 3.63) is 58.6 Å². The van der Waals surface area contributed by atoms with E-state index < -0.39 is 5.97 Å². The minimum absolute atomic E-state index is 0.112. The molecule has 2 aromatic heterocycles. The number of imidazole rings is 1. The van der Waals surface area contributed by atoms with Gasteiger partial charge in [-0.2, -0.15) is 0 Å². The second-order valence-corrected chi connectivity index (χ2v) is 7.49. The Labute approximate surface area is 173 Å². The van der Waals surface area contributed by atoms with Crippen LogP contribution in [0.1, 0.15) is 48.5 Å². The van der Waals surface area contributed by atoms with E-state index in [-0.39, 0.29) is 24.2 Å². The van der Waals surface area contributed by atoms with E-state index >= 15 is 0 Å². The molecule has 1 saturated carbocycles. The summed E-state index contributed by atoms with van der Waals surface area (Å²) in [6, 6.07) is 10.1. The van der Waals surface area contributed by atoms with Gasteiger partial charge in [-0.05, 0) is 49.2 Å². The molecule has 0 spiro atoms. The van der Waals surface area contributed by atoms with E-state index in [4.69, 9.17) is 0 Å². The highest BCUT2D eigenvalue weighted by atomic mass is 16.5. The van der Waals surface area contributed by atoms with Crippen molar-refractivity contribution in [2.75, 3.05) is 12.4 Å². The number of hydrogen-bond donors (Lipinski definition) is 1. The van der Waals surface area contributed by atoms with Gasteiger partial charge in [0.1, 0.15) is 6.54 Å². The number of ether oxygens (including phenoxy) is 1. The summed E-state index contributed by atoms with van der Waals surface area (Å²) in [5.74, 6) is -0.767. The van der Waals surface area contributed by atoms with Crippen molar-refractivity contribution in [2.24, 2.45) is 0 Å². The van der Waals surface area contributed by atoms with Crippen molar-refractivity contribution in [1.82, 2.24) is 14.1 Å². The fourth-order valence-electron chi connectivity index (χ4n) is 4.08. The van der Waals surface area contributed by atoms with Gasteiger partial charge in [0.25, 0.3) is 0 Å². The van der Waals surface area contributed by atoms with Gasteiger partial charge < -0.3 is 10.1 Å². The summed E-state index contributed by atoms with van der Waals surface area (Å²) in [6.45, 7) is -0.112. The number of methoxy groups -OCH3 is 1. The zero-order valence-electron chi connectivity index (χ0n) is 16.8. The molecule has 2 heterocycles. The Morgan fingerprint density at radius 3 is 2.57 bits per heavy atom. The van der Waals surface area contributed by atoms with Gasteiger partial charge in [-0.15, -0.1) is 0 Å². The van der Waals surface area contributed by atoms with Gasteiger partial charge in [0.2, 0.25) is 5.91 Å². The van der Waals surface area contributed by atoms with Crippen molar-refractivity contribution < 1.29 is 14.3 Å². The highest BCUT2D eigenvalue weighted by molar-refractivity contribution is 5.93. The number of nitrogens with zero attached hydrogens (tertiary/aromatic N) is 3. The van der Waals surface area contributed by atoms with Crippen molar-refractivity contribution in [1.29, 1.82) is 0 Å². The number of carbonyl (C=O) groups excluding carboxylic acids is 2. The van der Waals surface area contributed by atoms with Gasteiger partial charge in [-0.3, -0.25) is 13.9 Å². The van der Waals surface area contributed by atoms with Crippen LogP contribution in [0.2, 0.25) is 0 Å². The van der Waals surface area contributed by atoms with Gasteiger partial charge in [0, 0.05) is 17.9 Å². The maximum Gasteiger partial charge on any atom is 0.337 e. The number of rotatable bonds is 5. The molecule has 156 valence electrons. The summed E-state index contributed by atoms with van der Waals surface area (Å²) >= 11 is 0. The van der Waals surface area contributed by atoms with Crippen LogP contribution in [-0.2, 0) is 16.1 Å². The smallest absolute Gasteiger partial charge is 0.337 e. The first kappa shape index (κ1) is 19.9. The van der Waals surface area contributed by atoms with E-state index in [1.165, 1.54) is 18.1 Å². The van der Waals surface area contributed by atoms with Crippen LogP contribution in [0, 0.1) is 0 Å². The number of benzene rings is 1. The summed E-state index contributed by atoms with van der Waals surface area (Å²) in [7, 11) is 1.31. The lowest BCUT2D eigenvalue weighted by Crippen LogP contribution is -2.31. The molecule has 0 atom stereocenters. The monoisotopic (exact) mass is 408 g/mol. The number of anilines is 1. The Hall–Kier alpha value is -3.42. The van der Waals surface area contributed by atoms with Crippen molar-refractivity contribution in [2.45, 2.75) is 44.7 Å². The van der Waals surface area contributed by atoms with Crippen molar-refractivity contribution >= 4 is 28.7 Å². The molecule has 1 amide bonds.